The molecule has 1 aromatic carbocycles. The molecule has 0 radical (unpaired) electrons. The molecule has 0 aromatic heterocycles. The minimum Gasteiger partial charge on any atom is -0.0651 e. The quantitative estimate of drug-likeness (QED) is 0.645. The predicted octanol–water partition coefficient (Wildman–Crippen LogP) is 5.31. The molecule has 2 atom stereocenters. The van der Waals surface area contributed by atoms with Gasteiger partial charge in [0.1, 0.15) is 0 Å². The van der Waals surface area contributed by atoms with Crippen LogP contribution in [-0.2, 0) is 0 Å². The standard InChI is InChI=1S/C17H26/c1-5-14-12-17(3,4)11-10-16(14)15-8-6-13(2)7-9-15/h6-9,14,16H,5,10-12H2,1-4H3/t14-,16-/m0/s1. The molecular formula is C17H26. The van der Waals surface area contributed by atoms with Crippen LogP contribution >= 0.6 is 0 Å². The van der Waals surface area contributed by atoms with Crippen LogP contribution in [0, 0.1) is 18.3 Å². The minimum absolute atomic E-state index is 0.557. The first-order chi connectivity index (χ1) is 8.02. The van der Waals surface area contributed by atoms with E-state index in [1.165, 1.54) is 31.2 Å². The Kier molecular flexibility index (Phi) is 3.61. The van der Waals surface area contributed by atoms with Crippen molar-refractivity contribution in [2.24, 2.45) is 11.3 Å². The smallest absolute Gasteiger partial charge is 0.0133 e. The average Bonchev–Trinajstić information content (AvgIpc) is 2.29. The van der Waals surface area contributed by atoms with Crippen LogP contribution < -0.4 is 0 Å². The van der Waals surface area contributed by atoms with Crippen LogP contribution in [0.2, 0.25) is 0 Å². The normalized spacial score (nSPS) is 28.0. The van der Waals surface area contributed by atoms with Crippen LogP contribution in [0.4, 0.5) is 0 Å². The second kappa shape index (κ2) is 4.84. The first kappa shape index (κ1) is 12.7. The first-order valence-corrected chi connectivity index (χ1v) is 7.08. The maximum absolute atomic E-state index is 2.43. The Morgan fingerprint density at radius 1 is 1.18 bits per heavy atom. The molecule has 94 valence electrons. The molecule has 17 heavy (non-hydrogen) atoms. The van der Waals surface area contributed by atoms with E-state index >= 15 is 0 Å². The van der Waals surface area contributed by atoms with Gasteiger partial charge in [-0.15, -0.1) is 0 Å². The van der Waals surface area contributed by atoms with Gasteiger partial charge in [-0.3, -0.25) is 0 Å². The summed E-state index contributed by atoms with van der Waals surface area (Å²) in [5.74, 6) is 1.68. The Labute approximate surface area is 106 Å². The summed E-state index contributed by atoms with van der Waals surface area (Å²) < 4.78 is 0. The van der Waals surface area contributed by atoms with E-state index in [4.69, 9.17) is 0 Å². The van der Waals surface area contributed by atoms with Gasteiger partial charge in [-0.2, -0.15) is 0 Å². The molecule has 0 saturated heterocycles. The van der Waals surface area contributed by atoms with Gasteiger partial charge in [0.15, 0.2) is 0 Å². The summed E-state index contributed by atoms with van der Waals surface area (Å²) in [6, 6.07) is 9.23. The van der Waals surface area contributed by atoms with Gasteiger partial charge in [0, 0.05) is 0 Å². The van der Waals surface area contributed by atoms with Crippen LogP contribution in [-0.4, -0.2) is 0 Å². The Hall–Kier alpha value is -0.780. The number of benzene rings is 1. The van der Waals surface area contributed by atoms with Gasteiger partial charge in [0.05, 0.1) is 0 Å². The molecule has 1 fully saturated rings. The maximum Gasteiger partial charge on any atom is -0.0133 e. The molecule has 0 nitrogen and oxygen atoms in total. The van der Waals surface area contributed by atoms with E-state index in [1.54, 1.807) is 5.56 Å². The van der Waals surface area contributed by atoms with Crippen molar-refractivity contribution in [1.29, 1.82) is 0 Å². The zero-order valence-corrected chi connectivity index (χ0v) is 11.8. The van der Waals surface area contributed by atoms with E-state index in [2.05, 4.69) is 52.0 Å². The third-order valence-corrected chi connectivity index (χ3v) is 4.55. The largest absolute Gasteiger partial charge is 0.0651 e. The molecular weight excluding hydrogens is 204 g/mol. The van der Waals surface area contributed by atoms with Gasteiger partial charge < -0.3 is 0 Å². The summed E-state index contributed by atoms with van der Waals surface area (Å²) in [6.45, 7) is 9.39. The third kappa shape index (κ3) is 2.91. The van der Waals surface area contributed by atoms with Crippen molar-refractivity contribution in [3.8, 4) is 0 Å². The molecule has 0 aliphatic heterocycles. The second-order valence-electron chi connectivity index (χ2n) is 6.59. The van der Waals surface area contributed by atoms with Crippen LogP contribution in [0.5, 0.6) is 0 Å². The fourth-order valence-electron chi connectivity index (χ4n) is 3.42. The zero-order chi connectivity index (χ0) is 12.5. The van der Waals surface area contributed by atoms with Gasteiger partial charge in [0.25, 0.3) is 0 Å². The summed E-state index contributed by atoms with van der Waals surface area (Å²) in [7, 11) is 0. The van der Waals surface area contributed by atoms with E-state index in [0.717, 1.165) is 11.8 Å². The average molecular weight is 230 g/mol. The van der Waals surface area contributed by atoms with Crippen LogP contribution in [0.25, 0.3) is 0 Å². The van der Waals surface area contributed by atoms with Crippen molar-refractivity contribution in [3.63, 3.8) is 0 Å². The third-order valence-electron chi connectivity index (χ3n) is 4.55. The Morgan fingerprint density at radius 3 is 2.41 bits per heavy atom. The van der Waals surface area contributed by atoms with E-state index in [-0.39, 0.29) is 0 Å². The van der Waals surface area contributed by atoms with E-state index in [9.17, 15) is 0 Å². The molecule has 0 bridgehead atoms. The minimum atomic E-state index is 0.557. The summed E-state index contributed by atoms with van der Waals surface area (Å²) in [6.07, 6.45) is 5.46. The van der Waals surface area contributed by atoms with E-state index in [1.807, 2.05) is 0 Å². The van der Waals surface area contributed by atoms with Crippen LogP contribution in [0.1, 0.15) is 63.5 Å². The molecule has 1 aliphatic rings. The summed E-state index contributed by atoms with van der Waals surface area (Å²) >= 11 is 0. The molecule has 2 rings (SSSR count). The monoisotopic (exact) mass is 230 g/mol. The fraction of sp³-hybridized carbons (Fsp3) is 0.647. The fourth-order valence-corrected chi connectivity index (χ4v) is 3.42. The first-order valence-electron chi connectivity index (χ1n) is 7.08. The van der Waals surface area contributed by atoms with Crippen molar-refractivity contribution in [2.45, 2.75) is 59.3 Å². The molecule has 0 unspecified atom stereocenters. The predicted molar refractivity (Wildman–Crippen MR) is 75.3 cm³/mol. The lowest BCUT2D eigenvalue weighted by atomic mass is 9.64. The Morgan fingerprint density at radius 2 is 1.82 bits per heavy atom. The summed E-state index contributed by atoms with van der Waals surface area (Å²) in [4.78, 5) is 0. The van der Waals surface area contributed by atoms with Crippen LogP contribution in [0.3, 0.4) is 0 Å². The number of hydrogen-bond donors (Lipinski definition) is 0. The molecule has 0 amide bonds. The summed E-state index contributed by atoms with van der Waals surface area (Å²) in [5, 5.41) is 0. The Bertz CT molecular complexity index is 358. The second-order valence-corrected chi connectivity index (χ2v) is 6.59. The molecule has 1 aliphatic carbocycles. The highest BCUT2D eigenvalue weighted by Gasteiger charge is 2.34. The van der Waals surface area contributed by atoms with Crippen molar-refractivity contribution in [3.05, 3.63) is 35.4 Å². The molecule has 1 saturated carbocycles. The molecule has 1 aromatic rings. The lowest BCUT2D eigenvalue weighted by molar-refractivity contribution is 0.152. The number of hydrogen-bond acceptors (Lipinski definition) is 0. The van der Waals surface area contributed by atoms with Gasteiger partial charge in [0.2, 0.25) is 0 Å². The SMILES string of the molecule is CC[C@H]1CC(C)(C)CC[C@@H]1c1ccc(C)cc1. The highest BCUT2D eigenvalue weighted by molar-refractivity contribution is 5.25. The van der Waals surface area contributed by atoms with Crippen LogP contribution in [0.15, 0.2) is 24.3 Å². The maximum atomic E-state index is 2.43. The number of aryl methyl sites for hydroxylation is 1. The number of rotatable bonds is 2. The Balaban J connectivity index is 2.18. The van der Waals surface area contributed by atoms with E-state index in [0.29, 0.717) is 5.41 Å². The molecule has 0 heteroatoms. The van der Waals surface area contributed by atoms with Gasteiger partial charge >= 0.3 is 0 Å². The topological polar surface area (TPSA) is 0 Å². The highest BCUT2D eigenvalue weighted by Crippen LogP contribution is 2.47. The summed E-state index contributed by atoms with van der Waals surface area (Å²) in [5.41, 5.74) is 3.50. The van der Waals surface area contributed by atoms with Crippen molar-refractivity contribution in [2.75, 3.05) is 0 Å². The molecule has 0 spiro atoms. The van der Waals surface area contributed by atoms with Crippen molar-refractivity contribution < 1.29 is 0 Å². The van der Waals surface area contributed by atoms with Gasteiger partial charge in [-0.05, 0) is 49.0 Å². The van der Waals surface area contributed by atoms with Crippen molar-refractivity contribution in [1.82, 2.24) is 0 Å². The van der Waals surface area contributed by atoms with Crippen molar-refractivity contribution >= 4 is 0 Å². The highest BCUT2D eigenvalue weighted by atomic mass is 14.4. The molecule has 0 heterocycles. The zero-order valence-electron chi connectivity index (χ0n) is 11.8. The lowest BCUT2D eigenvalue weighted by Crippen LogP contribution is -2.28. The lowest BCUT2D eigenvalue weighted by Gasteiger charge is -2.41. The van der Waals surface area contributed by atoms with Gasteiger partial charge in [-0.25, -0.2) is 0 Å². The molecule has 0 N–H and O–H groups in total. The van der Waals surface area contributed by atoms with Gasteiger partial charge in [-0.1, -0.05) is 57.0 Å². The van der Waals surface area contributed by atoms with E-state index < -0.39 is 0 Å².